The van der Waals surface area contributed by atoms with E-state index in [1.165, 1.54) is 0 Å². The Hall–Kier alpha value is -1.48. The first-order chi connectivity index (χ1) is 13.0. The lowest BCUT2D eigenvalue weighted by atomic mass is 10.1. The summed E-state index contributed by atoms with van der Waals surface area (Å²) in [7, 11) is -3.41. The molecule has 1 aliphatic heterocycles. The number of hydrogen-bond acceptors (Lipinski definition) is 5. The fourth-order valence-corrected chi connectivity index (χ4v) is 4.33. The molecule has 0 bridgehead atoms. The van der Waals surface area contributed by atoms with Crippen LogP contribution in [0.2, 0.25) is 0 Å². The second-order valence-electron chi connectivity index (χ2n) is 7.20. The van der Waals surface area contributed by atoms with Crippen LogP contribution in [0.25, 0.3) is 0 Å². The summed E-state index contributed by atoms with van der Waals surface area (Å²) in [5.74, 6) is 0.0316. The highest BCUT2D eigenvalue weighted by atomic mass is 32.2. The number of morpholine rings is 1. The van der Waals surface area contributed by atoms with Gasteiger partial charge in [0.05, 0.1) is 18.1 Å². The third kappa shape index (κ3) is 6.88. The van der Waals surface area contributed by atoms with Crippen LogP contribution in [0.5, 0.6) is 0 Å². The van der Waals surface area contributed by atoms with E-state index in [2.05, 4.69) is 14.9 Å². The molecule has 0 radical (unpaired) electrons. The molecular formula is C19H29N3O4S. The van der Waals surface area contributed by atoms with E-state index in [1.54, 1.807) is 24.3 Å². The molecule has 1 aliphatic carbocycles. The van der Waals surface area contributed by atoms with Gasteiger partial charge >= 0.3 is 0 Å². The number of rotatable bonds is 10. The molecule has 2 N–H and O–H groups in total. The van der Waals surface area contributed by atoms with Gasteiger partial charge in [-0.1, -0.05) is 12.1 Å². The Morgan fingerprint density at radius 3 is 2.52 bits per heavy atom. The monoisotopic (exact) mass is 395 g/mol. The van der Waals surface area contributed by atoms with Gasteiger partial charge in [0.15, 0.2) is 0 Å². The maximum atomic E-state index is 12.1. The molecule has 1 aromatic rings. The second kappa shape index (κ2) is 9.64. The van der Waals surface area contributed by atoms with Crippen molar-refractivity contribution in [3.8, 4) is 0 Å². The van der Waals surface area contributed by atoms with Gasteiger partial charge in [0.25, 0.3) is 0 Å². The molecule has 8 heteroatoms. The Kier molecular flexibility index (Phi) is 7.23. The van der Waals surface area contributed by atoms with Crippen LogP contribution < -0.4 is 10.0 Å². The van der Waals surface area contributed by atoms with Crippen molar-refractivity contribution in [2.75, 3.05) is 39.4 Å². The Labute approximate surface area is 161 Å². The number of sulfonamides is 1. The number of carbonyl (C=O) groups is 1. The SMILES string of the molecule is O=C(CCc1ccc(S(=O)(=O)NC2CC2)cc1)NCCCN1CCOCC1. The van der Waals surface area contributed by atoms with Crippen molar-refractivity contribution in [3.05, 3.63) is 29.8 Å². The minimum atomic E-state index is -3.41. The molecule has 0 unspecified atom stereocenters. The van der Waals surface area contributed by atoms with Gasteiger partial charge in [-0.2, -0.15) is 0 Å². The first-order valence-corrected chi connectivity index (χ1v) is 11.2. The highest BCUT2D eigenvalue weighted by Crippen LogP contribution is 2.22. The summed E-state index contributed by atoms with van der Waals surface area (Å²) in [6, 6.07) is 6.89. The summed E-state index contributed by atoms with van der Waals surface area (Å²) in [5, 5.41) is 2.95. The molecule has 7 nitrogen and oxygen atoms in total. The van der Waals surface area contributed by atoms with Crippen LogP contribution in [-0.4, -0.2) is 64.7 Å². The zero-order chi connectivity index (χ0) is 19.1. The molecule has 0 spiro atoms. The lowest BCUT2D eigenvalue weighted by Crippen LogP contribution is -2.38. The quantitative estimate of drug-likeness (QED) is 0.575. The summed E-state index contributed by atoms with van der Waals surface area (Å²) in [6.45, 7) is 5.19. The third-order valence-corrected chi connectivity index (χ3v) is 6.39. The first kappa shape index (κ1) is 20.3. The van der Waals surface area contributed by atoms with Gasteiger partial charge in [0.2, 0.25) is 15.9 Å². The minimum Gasteiger partial charge on any atom is -0.379 e. The van der Waals surface area contributed by atoms with Gasteiger partial charge in [-0.05, 0) is 49.9 Å². The first-order valence-electron chi connectivity index (χ1n) is 9.71. The smallest absolute Gasteiger partial charge is 0.240 e. The van der Waals surface area contributed by atoms with Gasteiger partial charge < -0.3 is 10.1 Å². The van der Waals surface area contributed by atoms with Crippen LogP contribution in [-0.2, 0) is 26.0 Å². The fourth-order valence-electron chi connectivity index (χ4n) is 3.03. The van der Waals surface area contributed by atoms with E-state index >= 15 is 0 Å². The van der Waals surface area contributed by atoms with Crippen molar-refractivity contribution >= 4 is 15.9 Å². The Morgan fingerprint density at radius 2 is 1.85 bits per heavy atom. The van der Waals surface area contributed by atoms with Crippen molar-refractivity contribution < 1.29 is 17.9 Å². The van der Waals surface area contributed by atoms with Gasteiger partial charge in [-0.3, -0.25) is 9.69 Å². The molecule has 0 atom stereocenters. The van der Waals surface area contributed by atoms with Crippen LogP contribution in [0.4, 0.5) is 0 Å². The second-order valence-corrected chi connectivity index (χ2v) is 8.91. The van der Waals surface area contributed by atoms with Crippen LogP contribution in [0, 0.1) is 0 Å². The molecule has 1 heterocycles. The summed E-state index contributed by atoms with van der Waals surface area (Å²) in [5.41, 5.74) is 0.962. The van der Waals surface area contributed by atoms with E-state index in [1.807, 2.05) is 0 Å². The summed E-state index contributed by atoms with van der Waals surface area (Å²) < 4.78 is 32.3. The normalized spacial score (nSPS) is 18.4. The number of ether oxygens (including phenoxy) is 1. The van der Waals surface area contributed by atoms with Crippen molar-refractivity contribution in [1.29, 1.82) is 0 Å². The topological polar surface area (TPSA) is 87.7 Å². The molecule has 1 saturated heterocycles. The van der Waals surface area contributed by atoms with Crippen molar-refractivity contribution in [2.45, 2.75) is 43.0 Å². The van der Waals surface area contributed by atoms with Gasteiger partial charge in [0.1, 0.15) is 0 Å². The largest absolute Gasteiger partial charge is 0.379 e. The molecule has 1 saturated carbocycles. The molecule has 2 fully saturated rings. The highest BCUT2D eigenvalue weighted by Gasteiger charge is 2.27. The average Bonchev–Trinajstić information content (AvgIpc) is 3.48. The summed E-state index contributed by atoms with van der Waals surface area (Å²) in [6.07, 6.45) is 3.78. The molecule has 2 aliphatic rings. The Bertz CT molecular complexity index is 711. The summed E-state index contributed by atoms with van der Waals surface area (Å²) in [4.78, 5) is 14.6. The van der Waals surface area contributed by atoms with Gasteiger partial charge in [-0.25, -0.2) is 13.1 Å². The molecular weight excluding hydrogens is 366 g/mol. The molecule has 3 rings (SSSR count). The number of nitrogens with zero attached hydrogens (tertiary/aromatic N) is 1. The summed E-state index contributed by atoms with van der Waals surface area (Å²) >= 11 is 0. The average molecular weight is 396 g/mol. The lowest BCUT2D eigenvalue weighted by molar-refractivity contribution is -0.121. The zero-order valence-electron chi connectivity index (χ0n) is 15.7. The van der Waals surface area contributed by atoms with Gasteiger partial charge in [-0.15, -0.1) is 0 Å². The van der Waals surface area contributed by atoms with E-state index in [0.29, 0.717) is 19.4 Å². The Balaban J connectivity index is 1.33. The molecule has 27 heavy (non-hydrogen) atoms. The number of aryl methyl sites for hydroxylation is 1. The van der Waals surface area contributed by atoms with Crippen molar-refractivity contribution in [1.82, 2.24) is 14.9 Å². The molecule has 1 aromatic carbocycles. The van der Waals surface area contributed by atoms with E-state index in [0.717, 1.165) is 57.7 Å². The van der Waals surface area contributed by atoms with Crippen LogP contribution in [0.3, 0.4) is 0 Å². The highest BCUT2D eigenvalue weighted by molar-refractivity contribution is 7.89. The number of benzene rings is 1. The fraction of sp³-hybridized carbons (Fsp3) is 0.632. The number of carbonyl (C=O) groups excluding carboxylic acids is 1. The predicted molar refractivity (Wildman–Crippen MR) is 103 cm³/mol. The Morgan fingerprint density at radius 1 is 1.15 bits per heavy atom. The number of amides is 1. The van der Waals surface area contributed by atoms with E-state index in [-0.39, 0.29) is 16.8 Å². The van der Waals surface area contributed by atoms with Crippen LogP contribution >= 0.6 is 0 Å². The number of hydrogen-bond donors (Lipinski definition) is 2. The van der Waals surface area contributed by atoms with Crippen molar-refractivity contribution in [3.63, 3.8) is 0 Å². The minimum absolute atomic E-state index is 0.0316. The standard InChI is InChI=1S/C19H29N3O4S/c23-19(20-10-1-11-22-12-14-26-15-13-22)9-4-16-2-7-18(8-3-16)27(24,25)21-17-5-6-17/h2-3,7-8,17,21H,1,4-6,9-15H2,(H,20,23). The molecule has 1 amide bonds. The molecule has 150 valence electrons. The maximum absolute atomic E-state index is 12.1. The van der Waals surface area contributed by atoms with Crippen LogP contribution in [0.1, 0.15) is 31.2 Å². The van der Waals surface area contributed by atoms with Crippen LogP contribution in [0.15, 0.2) is 29.2 Å². The number of nitrogens with one attached hydrogen (secondary N) is 2. The van der Waals surface area contributed by atoms with Crippen molar-refractivity contribution in [2.24, 2.45) is 0 Å². The zero-order valence-corrected chi connectivity index (χ0v) is 16.5. The third-order valence-electron chi connectivity index (χ3n) is 4.85. The predicted octanol–water partition coefficient (Wildman–Crippen LogP) is 0.898. The van der Waals surface area contributed by atoms with E-state index < -0.39 is 10.0 Å². The van der Waals surface area contributed by atoms with Gasteiger partial charge in [0, 0.05) is 32.1 Å². The van der Waals surface area contributed by atoms with E-state index in [9.17, 15) is 13.2 Å². The molecule has 0 aromatic heterocycles. The maximum Gasteiger partial charge on any atom is 0.240 e. The lowest BCUT2D eigenvalue weighted by Gasteiger charge is -2.26. The van der Waals surface area contributed by atoms with E-state index in [4.69, 9.17) is 4.74 Å².